The molecule has 26 heavy (non-hydrogen) atoms. The second-order valence-electron chi connectivity index (χ2n) is 7.34. The van der Waals surface area contributed by atoms with Crippen molar-refractivity contribution < 1.29 is 4.79 Å². The number of likely N-dealkylation sites (tertiary alicyclic amines) is 1. The molecule has 2 aliphatic heterocycles. The third-order valence-corrected chi connectivity index (χ3v) is 5.78. The van der Waals surface area contributed by atoms with Gasteiger partial charge < -0.3 is 10.6 Å². The average Bonchev–Trinajstić information content (AvgIpc) is 3.13. The third-order valence-electron chi connectivity index (χ3n) is 5.78. The Hall–Kier alpha value is -2.41. The lowest BCUT2D eigenvalue weighted by Crippen LogP contribution is -2.50. The van der Waals surface area contributed by atoms with Crippen molar-refractivity contribution in [3.05, 3.63) is 41.2 Å². The van der Waals surface area contributed by atoms with E-state index in [4.69, 9.17) is 5.73 Å². The topological polar surface area (TPSA) is 91.1 Å². The number of hydrogen-bond donors (Lipinski definition) is 2. The van der Waals surface area contributed by atoms with Crippen LogP contribution < -0.4 is 5.73 Å². The number of rotatable bonds is 3. The normalized spacial score (nSPS) is 20.0. The van der Waals surface area contributed by atoms with Crippen LogP contribution in [0.1, 0.15) is 42.6 Å². The number of nitrogens with zero attached hydrogens (tertiary/aromatic N) is 4. The van der Waals surface area contributed by atoms with Crippen molar-refractivity contribution in [2.75, 3.05) is 25.4 Å². The molecule has 3 N–H and O–H groups in total. The number of aromatic nitrogens is 3. The summed E-state index contributed by atoms with van der Waals surface area (Å²) in [5.41, 5.74) is 8.35. The van der Waals surface area contributed by atoms with E-state index in [1.165, 1.54) is 11.1 Å². The molecule has 1 aromatic carbocycles. The van der Waals surface area contributed by atoms with Gasteiger partial charge in [-0.15, -0.1) is 5.10 Å². The van der Waals surface area contributed by atoms with Crippen LogP contribution in [0.5, 0.6) is 0 Å². The van der Waals surface area contributed by atoms with Crippen molar-refractivity contribution in [1.82, 2.24) is 25.0 Å². The molecule has 1 amide bonds. The van der Waals surface area contributed by atoms with Gasteiger partial charge in [0, 0.05) is 32.1 Å². The van der Waals surface area contributed by atoms with Crippen LogP contribution in [0.4, 0.5) is 5.95 Å². The van der Waals surface area contributed by atoms with Gasteiger partial charge in [0.1, 0.15) is 5.82 Å². The van der Waals surface area contributed by atoms with Gasteiger partial charge in [-0.05, 0) is 37.3 Å². The van der Waals surface area contributed by atoms with Gasteiger partial charge in [-0.2, -0.15) is 4.98 Å². The second-order valence-corrected chi connectivity index (χ2v) is 7.34. The van der Waals surface area contributed by atoms with Gasteiger partial charge in [0.25, 0.3) is 0 Å². The molecule has 0 saturated carbocycles. The second kappa shape index (κ2) is 7.07. The molecule has 1 unspecified atom stereocenters. The Balaban J connectivity index is 1.35. The van der Waals surface area contributed by atoms with Crippen molar-refractivity contribution in [2.45, 2.75) is 44.7 Å². The van der Waals surface area contributed by atoms with E-state index in [9.17, 15) is 4.79 Å². The van der Waals surface area contributed by atoms with E-state index in [0.717, 1.165) is 51.3 Å². The van der Waals surface area contributed by atoms with Crippen LogP contribution in [-0.2, 0) is 17.8 Å². The Labute approximate surface area is 153 Å². The Kier molecular flexibility index (Phi) is 4.63. The zero-order valence-electron chi connectivity index (χ0n) is 15.2. The molecule has 3 heterocycles. The number of nitrogens with one attached hydrogen (secondary N) is 1. The fraction of sp³-hybridized carbons (Fsp3) is 0.526. The number of hydrogen-bond acceptors (Lipinski definition) is 5. The zero-order chi connectivity index (χ0) is 18.1. The van der Waals surface area contributed by atoms with E-state index < -0.39 is 0 Å². The summed E-state index contributed by atoms with van der Waals surface area (Å²) in [6, 6.07) is 8.46. The van der Waals surface area contributed by atoms with Crippen LogP contribution in [-0.4, -0.2) is 56.6 Å². The first-order valence-corrected chi connectivity index (χ1v) is 9.39. The summed E-state index contributed by atoms with van der Waals surface area (Å²) < 4.78 is 0. The highest BCUT2D eigenvalue weighted by Gasteiger charge is 2.31. The number of anilines is 1. The number of amides is 1. The molecule has 2 aliphatic rings. The summed E-state index contributed by atoms with van der Waals surface area (Å²) in [7, 11) is 0. The average molecular weight is 354 g/mol. The first-order chi connectivity index (χ1) is 12.6. The lowest BCUT2D eigenvalue weighted by atomic mass is 9.95. The molecule has 4 rings (SSSR count). The summed E-state index contributed by atoms with van der Waals surface area (Å²) in [5, 5.41) is 6.81. The summed E-state index contributed by atoms with van der Waals surface area (Å²) in [6.45, 7) is 5.37. The van der Waals surface area contributed by atoms with Crippen LogP contribution in [0.3, 0.4) is 0 Å². The molecule has 1 fully saturated rings. The van der Waals surface area contributed by atoms with E-state index >= 15 is 0 Å². The van der Waals surface area contributed by atoms with Gasteiger partial charge in [-0.1, -0.05) is 24.3 Å². The number of fused-ring (bicyclic) bond motifs is 1. The van der Waals surface area contributed by atoms with Gasteiger partial charge in [-0.25, -0.2) is 0 Å². The van der Waals surface area contributed by atoms with E-state index in [-0.39, 0.29) is 17.9 Å². The highest BCUT2D eigenvalue weighted by atomic mass is 16.2. The Morgan fingerprint density at radius 2 is 1.96 bits per heavy atom. The summed E-state index contributed by atoms with van der Waals surface area (Å²) >= 11 is 0. The Morgan fingerprint density at radius 3 is 2.65 bits per heavy atom. The number of carbonyl (C=O) groups excluding carboxylic acids is 1. The maximum absolute atomic E-state index is 13.0. The van der Waals surface area contributed by atoms with Crippen LogP contribution in [0.15, 0.2) is 24.3 Å². The van der Waals surface area contributed by atoms with Crippen molar-refractivity contribution in [3.8, 4) is 0 Å². The van der Waals surface area contributed by atoms with Crippen LogP contribution in [0.2, 0.25) is 0 Å². The standard InChI is InChI=1S/C19H26N6O/c1-13(25-11-6-14-4-2-3-5-16(14)12-25)18(26)24-9-7-15(8-10-24)17-21-19(20)23-22-17/h2-5,13,15H,6-12H2,1H3,(H3,20,21,22,23). The lowest BCUT2D eigenvalue weighted by Gasteiger charge is -2.38. The number of piperidine rings is 1. The Morgan fingerprint density at radius 1 is 1.23 bits per heavy atom. The number of nitrogen functional groups attached to an aromatic ring is 1. The molecule has 1 saturated heterocycles. The van der Waals surface area contributed by atoms with Gasteiger partial charge in [0.15, 0.2) is 0 Å². The van der Waals surface area contributed by atoms with E-state index in [1.54, 1.807) is 0 Å². The van der Waals surface area contributed by atoms with E-state index in [0.29, 0.717) is 5.92 Å². The summed E-state index contributed by atoms with van der Waals surface area (Å²) in [4.78, 5) is 21.5. The molecule has 1 aromatic heterocycles. The van der Waals surface area contributed by atoms with Crippen LogP contribution in [0, 0.1) is 0 Å². The molecular weight excluding hydrogens is 328 g/mol. The monoisotopic (exact) mass is 354 g/mol. The minimum absolute atomic E-state index is 0.0826. The zero-order valence-corrected chi connectivity index (χ0v) is 15.2. The maximum atomic E-state index is 13.0. The summed E-state index contributed by atoms with van der Waals surface area (Å²) in [6.07, 6.45) is 2.81. The molecular formula is C19H26N6O. The number of aromatic amines is 1. The van der Waals surface area contributed by atoms with Crippen molar-refractivity contribution >= 4 is 11.9 Å². The van der Waals surface area contributed by atoms with E-state index in [2.05, 4.69) is 44.3 Å². The first-order valence-electron chi connectivity index (χ1n) is 9.39. The molecule has 138 valence electrons. The maximum Gasteiger partial charge on any atom is 0.239 e. The number of H-pyrrole nitrogens is 1. The smallest absolute Gasteiger partial charge is 0.239 e. The fourth-order valence-corrected chi connectivity index (χ4v) is 4.11. The molecule has 1 atom stereocenters. The number of nitrogens with two attached hydrogens (primary N) is 1. The minimum atomic E-state index is -0.0826. The largest absolute Gasteiger partial charge is 0.367 e. The number of benzene rings is 1. The van der Waals surface area contributed by atoms with Crippen molar-refractivity contribution in [1.29, 1.82) is 0 Å². The predicted octanol–water partition coefficient (Wildman–Crippen LogP) is 1.54. The molecule has 2 aromatic rings. The van der Waals surface area contributed by atoms with Crippen LogP contribution in [0.25, 0.3) is 0 Å². The quantitative estimate of drug-likeness (QED) is 0.872. The van der Waals surface area contributed by atoms with Gasteiger partial charge in [-0.3, -0.25) is 14.8 Å². The van der Waals surface area contributed by atoms with E-state index in [1.807, 2.05) is 11.8 Å². The molecule has 0 bridgehead atoms. The van der Waals surface area contributed by atoms with Crippen molar-refractivity contribution in [2.24, 2.45) is 0 Å². The number of carbonyl (C=O) groups is 1. The minimum Gasteiger partial charge on any atom is -0.367 e. The third kappa shape index (κ3) is 3.31. The fourth-order valence-electron chi connectivity index (χ4n) is 4.11. The van der Waals surface area contributed by atoms with Gasteiger partial charge in [0.2, 0.25) is 11.9 Å². The first kappa shape index (κ1) is 17.0. The van der Waals surface area contributed by atoms with Gasteiger partial charge >= 0.3 is 0 Å². The Bertz CT molecular complexity index is 780. The SMILES string of the molecule is CC(C(=O)N1CCC(c2nc(N)n[nH]2)CC1)N1CCc2ccccc2C1. The van der Waals surface area contributed by atoms with Gasteiger partial charge in [0.05, 0.1) is 6.04 Å². The molecule has 0 spiro atoms. The highest BCUT2D eigenvalue weighted by molar-refractivity contribution is 5.81. The lowest BCUT2D eigenvalue weighted by molar-refractivity contribution is -0.137. The summed E-state index contributed by atoms with van der Waals surface area (Å²) in [5.74, 6) is 1.67. The molecule has 0 radical (unpaired) electrons. The van der Waals surface area contributed by atoms with Crippen molar-refractivity contribution in [3.63, 3.8) is 0 Å². The highest BCUT2D eigenvalue weighted by Crippen LogP contribution is 2.27. The molecule has 7 nitrogen and oxygen atoms in total. The van der Waals surface area contributed by atoms with Crippen LogP contribution >= 0.6 is 0 Å². The molecule has 0 aliphatic carbocycles. The molecule has 7 heteroatoms. The predicted molar refractivity (Wildman–Crippen MR) is 99.4 cm³/mol.